The highest BCUT2D eigenvalue weighted by atomic mass is 16.5. The molecule has 0 radical (unpaired) electrons. The highest BCUT2D eigenvalue weighted by molar-refractivity contribution is 6.20. The maximum Gasteiger partial charge on any atom is 0.326 e. The molecule has 1 aromatic rings. The Morgan fingerprint density at radius 3 is 2.59 bits per heavy atom. The number of carbonyl (C=O) groups excluding carboxylic acids is 3. The monoisotopic (exact) mass is 369 g/mol. The van der Waals surface area contributed by atoms with Crippen LogP contribution in [0.3, 0.4) is 0 Å². The van der Waals surface area contributed by atoms with Gasteiger partial charge in [0.25, 0.3) is 0 Å². The third-order valence-corrected chi connectivity index (χ3v) is 5.15. The SMILES string of the molecule is COc1cccc(C2C3=C(CCCC3=O)N=C3NC(=O)NC(=O)C32)c1OC. The van der Waals surface area contributed by atoms with Crippen molar-refractivity contribution in [1.29, 1.82) is 0 Å². The van der Waals surface area contributed by atoms with Gasteiger partial charge in [-0.25, -0.2) is 9.79 Å². The summed E-state index contributed by atoms with van der Waals surface area (Å²) < 4.78 is 10.9. The van der Waals surface area contributed by atoms with E-state index in [0.717, 1.165) is 0 Å². The molecule has 1 fully saturated rings. The summed E-state index contributed by atoms with van der Waals surface area (Å²) in [5.41, 5.74) is 1.80. The van der Waals surface area contributed by atoms with E-state index in [1.165, 1.54) is 14.2 Å². The minimum atomic E-state index is -0.815. The molecule has 2 N–H and O–H groups in total. The van der Waals surface area contributed by atoms with Crippen LogP contribution in [0.5, 0.6) is 11.5 Å². The van der Waals surface area contributed by atoms with Gasteiger partial charge >= 0.3 is 6.03 Å². The minimum Gasteiger partial charge on any atom is -0.493 e. The zero-order chi connectivity index (χ0) is 19.1. The molecule has 3 aliphatic rings. The summed E-state index contributed by atoms with van der Waals surface area (Å²) in [5, 5.41) is 4.90. The highest BCUT2D eigenvalue weighted by Crippen LogP contribution is 2.47. The molecule has 2 unspecified atom stereocenters. The number of aliphatic imine (C=N–C) groups is 1. The number of urea groups is 1. The first-order valence-electron chi connectivity index (χ1n) is 8.72. The maximum absolute atomic E-state index is 12.8. The van der Waals surface area contributed by atoms with Crippen molar-refractivity contribution in [2.45, 2.75) is 25.2 Å². The van der Waals surface area contributed by atoms with E-state index in [1.54, 1.807) is 12.1 Å². The van der Waals surface area contributed by atoms with Gasteiger partial charge < -0.3 is 9.47 Å². The third-order valence-electron chi connectivity index (χ3n) is 5.15. The number of nitrogens with zero attached hydrogens (tertiary/aromatic N) is 1. The summed E-state index contributed by atoms with van der Waals surface area (Å²) >= 11 is 0. The summed E-state index contributed by atoms with van der Waals surface area (Å²) in [6.45, 7) is 0. The maximum atomic E-state index is 12.8. The summed E-state index contributed by atoms with van der Waals surface area (Å²) in [7, 11) is 3.04. The first-order chi connectivity index (χ1) is 13.0. The standard InChI is InChI=1S/C19H19N3O5/c1-26-12-8-3-5-9(16(12)27-2)13-14-10(6-4-7-11(14)23)20-17-15(13)18(24)22-19(25)21-17/h3,5,8,13,15H,4,6-7H2,1-2H3,(H2,20,21,22,24,25). The summed E-state index contributed by atoms with van der Waals surface area (Å²) in [6, 6.07) is 4.73. The Balaban J connectivity index is 1.95. The molecule has 3 amide bonds. The molecule has 0 spiro atoms. The van der Waals surface area contributed by atoms with Crippen LogP contribution in [0.4, 0.5) is 4.79 Å². The van der Waals surface area contributed by atoms with Gasteiger partial charge in [0.15, 0.2) is 17.3 Å². The quantitative estimate of drug-likeness (QED) is 0.843. The molecule has 8 heteroatoms. The van der Waals surface area contributed by atoms with E-state index in [9.17, 15) is 14.4 Å². The molecule has 0 bridgehead atoms. The number of rotatable bonds is 3. The number of hydrogen-bond acceptors (Lipinski definition) is 6. The largest absolute Gasteiger partial charge is 0.493 e. The number of nitrogens with one attached hydrogen (secondary N) is 2. The molecule has 8 nitrogen and oxygen atoms in total. The molecular weight excluding hydrogens is 350 g/mol. The molecule has 140 valence electrons. The van der Waals surface area contributed by atoms with Gasteiger partial charge in [0, 0.05) is 29.2 Å². The Morgan fingerprint density at radius 2 is 1.85 bits per heavy atom. The average molecular weight is 369 g/mol. The first-order valence-corrected chi connectivity index (χ1v) is 8.72. The van der Waals surface area contributed by atoms with Gasteiger partial charge in [-0.2, -0.15) is 0 Å². The molecule has 1 aliphatic carbocycles. The lowest BCUT2D eigenvalue weighted by molar-refractivity contribution is -0.123. The normalized spacial score (nSPS) is 24.4. The van der Waals surface area contributed by atoms with Crippen LogP contribution in [0, 0.1) is 5.92 Å². The van der Waals surface area contributed by atoms with Gasteiger partial charge in [0.05, 0.1) is 14.2 Å². The fourth-order valence-electron chi connectivity index (χ4n) is 4.07. The van der Waals surface area contributed by atoms with E-state index in [-0.39, 0.29) is 11.6 Å². The molecule has 1 aromatic carbocycles. The van der Waals surface area contributed by atoms with Gasteiger partial charge in [-0.05, 0) is 18.9 Å². The van der Waals surface area contributed by atoms with E-state index >= 15 is 0 Å². The Kier molecular flexibility index (Phi) is 4.18. The second-order valence-electron chi connectivity index (χ2n) is 6.62. The van der Waals surface area contributed by atoms with Crippen molar-refractivity contribution < 1.29 is 23.9 Å². The van der Waals surface area contributed by atoms with Crippen molar-refractivity contribution in [2.75, 3.05) is 14.2 Å². The smallest absolute Gasteiger partial charge is 0.326 e. The Morgan fingerprint density at radius 1 is 1.04 bits per heavy atom. The predicted octanol–water partition coefficient (Wildman–Crippen LogP) is 1.66. The van der Waals surface area contributed by atoms with Crippen LogP contribution < -0.4 is 20.1 Å². The number of hydrogen-bond donors (Lipinski definition) is 2. The van der Waals surface area contributed by atoms with Crippen molar-refractivity contribution >= 4 is 23.6 Å². The van der Waals surface area contributed by atoms with Crippen LogP contribution in [-0.2, 0) is 9.59 Å². The molecule has 27 heavy (non-hydrogen) atoms. The van der Waals surface area contributed by atoms with Crippen molar-refractivity contribution in [3.05, 3.63) is 35.0 Å². The Bertz CT molecular complexity index is 918. The predicted molar refractivity (Wildman–Crippen MR) is 95.8 cm³/mol. The number of carbonyl (C=O) groups is 3. The topological polar surface area (TPSA) is 106 Å². The number of ether oxygens (including phenoxy) is 2. The second kappa shape index (κ2) is 6.53. The number of methoxy groups -OCH3 is 2. The van der Waals surface area contributed by atoms with Crippen molar-refractivity contribution in [1.82, 2.24) is 10.6 Å². The van der Waals surface area contributed by atoms with Crippen molar-refractivity contribution in [3.8, 4) is 11.5 Å². The minimum absolute atomic E-state index is 0.0291. The van der Waals surface area contributed by atoms with E-state index in [4.69, 9.17) is 9.47 Å². The first kappa shape index (κ1) is 17.3. The van der Waals surface area contributed by atoms with E-state index < -0.39 is 23.8 Å². The number of fused-ring (bicyclic) bond motifs is 1. The van der Waals surface area contributed by atoms with Gasteiger partial charge in [0.2, 0.25) is 5.91 Å². The zero-order valence-corrected chi connectivity index (χ0v) is 15.0. The van der Waals surface area contributed by atoms with Crippen LogP contribution in [-0.4, -0.2) is 37.8 Å². The molecule has 2 heterocycles. The molecule has 1 saturated heterocycles. The van der Waals surface area contributed by atoms with Crippen LogP contribution in [0.25, 0.3) is 0 Å². The summed E-state index contributed by atoms with van der Waals surface area (Å²) in [6.07, 6.45) is 1.73. The summed E-state index contributed by atoms with van der Waals surface area (Å²) in [4.78, 5) is 41.7. The van der Waals surface area contributed by atoms with Crippen molar-refractivity contribution in [3.63, 3.8) is 0 Å². The van der Waals surface area contributed by atoms with Crippen LogP contribution in [0.1, 0.15) is 30.7 Å². The van der Waals surface area contributed by atoms with Crippen LogP contribution in [0.2, 0.25) is 0 Å². The van der Waals surface area contributed by atoms with Gasteiger partial charge in [-0.3, -0.25) is 20.2 Å². The molecule has 0 aromatic heterocycles. The molecule has 4 rings (SSSR count). The Hall–Kier alpha value is -3.16. The molecule has 0 saturated carbocycles. The number of benzene rings is 1. The number of Topliss-reactive ketones (excluding diaryl/α,β-unsaturated/α-hetero) is 1. The van der Waals surface area contributed by atoms with E-state index in [1.807, 2.05) is 6.07 Å². The molecular formula is C19H19N3O5. The molecule has 2 atom stereocenters. The van der Waals surface area contributed by atoms with E-state index in [0.29, 0.717) is 47.6 Å². The van der Waals surface area contributed by atoms with Crippen LogP contribution in [0.15, 0.2) is 34.5 Å². The lowest BCUT2D eigenvalue weighted by Gasteiger charge is -2.38. The fraction of sp³-hybridized carbons (Fsp3) is 0.368. The number of amidine groups is 1. The Labute approximate surface area is 155 Å². The fourth-order valence-corrected chi connectivity index (χ4v) is 4.07. The highest BCUT2D eigenvalue weighted by Gasteiger charge is 2.47. The number of para-hydroxylation sites is 1. The lowest BCUT2D eigenvalue weighted by Crippen LogP contribution is -2.58. The third kappa shape index (κ3) is 2.68. The van der Waals surface area contributed by atoms with E-state index in [2.05, 4.69) is 15.6 Å². The number of imide groups is 1. The van der Waals surface area contributed by atoms with Gasteiger partial charge in [0.1, 0.15) is 11.8 Å². The average Bonchev–Trinajstić information content (AvgIpc) is 2.65. The number of allylic oxidation sites excluding steroid dienone is 2. The molecule has 2 aliphatic heterocycles. The van der Waals surface area contributed by atoms with Gasteiger partial charge in [-0.15, -0.1) is 0 Å². The second-order valence-corrected chi connectivity index (χ2v) is 6.62. The summed E-state index contributed by atoms with van der Waals surface area (Å²) in [5.74, 6) is -0.704. The van der Waals surface area contributed by atoms with Gasteiger partial charge in [-0.1, -0.05) is 12.1 Å². The number of amides is 3. The van der Waals surface area contributed by atoms with Crippen LogP contribution >= 0.6 is 0 Å². The zero-order valence-electron chi connectivity index (χ0n) is 15.0. The van der Waals surface area contributed by atoms with Crippen molar-refractivity contribution in [2.24, 2.45) is 10.9 Å². The lowest BCUT2D eigenvalue weighted by atomic mass is 9.72. The number of ketones is 1.